The van der Waals surface area contributed by atoms with Crippen molar-refractivity contribution >= 4 is 54.8 Å². The molecular weight excluding hydrogens is 480 g/mol. The first kappa shape index (κ1) is 21.8. The standard InChI is InChI=1S/C32H20O4S/c1-17-3-7-21-19(13-17)5-9-27-23(21)15-25(31(33)35-27)29-11-12-30(37-29)26-16-24-22-8-4-18(2)14-20(22)6-10-28(24)36-32(26)34/h3-16H,1-2H3. The van der Waals surface area contributed by atoms with Gasteiger partial charge in [-0.05, 0) is 71.8 Å². The topological polar surface area (TPSA) is 60.4 Å². The molecule has 0 saturated heterocycles. The Morgan fingerprint density at radius 3 is 1.43 bits per heavy atom. The Labute approximate surface area is 215 Å². The number of rotatable bonds is 2. The van der Waals surface area contributed by atoms with E-state index >= 15 is 0 Å². The molecule has 0 saturated carbocycles. The first-order chi connectivity index (χ1) is 17.9. The molecule has 0 N–H and O–H groups in total. The number of thiophene rings is 1. The maximum absolute atomic E-state index is 12.9. The lowest BCUT2D eigenvalue weighted by Gasteiger charge is -2.06. The first-order valence-electron chi connectivity index (χ1n) is 12.0. The molecule has 3 aromatic heterocycles. The lowest BCUT2D eigenvalue weighted by atomic mass is 10.0. The van der Waals surface area contributed by atoms with Crippen LogP contribution < -0.4 is 11.3 Å². The summed E-state index contributed by atoms with van der Waals surface area (Å²) in [5.41, 5.74) is 3.59. The van der Waals surface area contributed by atoms with Gasteiger partial charge in [-0.1, -0.05) is 59.7 Å². The van der Waals surface area contributed by atoms with Gasteiger partial charge in [-0.3, -0.25) is 0 Å². The molecule has 4 nitrogen and oxygen atoms in total. The molecule has 0 fully saturated rings. The molecule has 0 unspecified atom stereocenters. The highest BCUT2D eigenvalue weighted by molar-refractivity contribution is 7.18. The summed E-state index contributed by atoms with van der Waals surface area (Å²) in [4.78, 5) is 27.4. The average molecular weight is 501 g/mol. The van der Waals surface area contributed by atoms with E-state index in [1.807, 2.05) is 48.5 Å². The maximum atomic E-state index is 12.9. The zero-order valence-electron chi connectivity index (χ0n) is 20.1. The molecule has 0 bridgehead atoms. The van der Waals surface area contributed by atoms with Crippen LogP contribution in [-0.4, -0.2) is 0 Å². The molecule has 0 aliphatic carbocycles. The van der Waals surface area contributed by atoms with Gasteiger partial charge in [0.25, 0.3) is 0 Å². The van der Waals surface area contributed by atoms with Crippen molar-refractivity contribution in [2.75, 3.05) is 0 Å². The molecule has 7 aromatic rings. The van der Waals surface area contributed by atoms with E-state index < -0.39 is 11.3 Å². The van der Waals surface area contributed by atoms with Crippen molar-refractivity contribution < 1.29 is 8.83 Å². The molecule has 3 heterocycles. The molecule has 0 amide bonds. The lowest BCUT2D eigenvalue weighted by Crippen LogP contribution is -2.02. The number of fused-ring (bicyclic) bond motifs is 6. The molecule has 0 aliphatic heterocycles. The maximum Gasteiger partial charge on any atom is 0.345 e. The van der Waals surface area contributed by atoms with Crippen LogP contribution in [0.4, 0.5) is 0 Å². The van der Waals surface area contributed by atoms with E-state index in [2.05, 4.69) is 50.2 Å². The van der Waals surface area contributed by atoms with Gasteiger partial charge in [0.15, 0.2) is 0 Å². The van der Waals surface area contributed by atoms with E-state index in [9.17, 15) is 9.59 Å². The second-order valence-corrected chi connectivity index (χ2v) is 10.5. The molecule has 0 atom stereocenters. The summed E-state index contributed by atoms with van der Waals surface area (Å²) in [7, 11) is 0. The Kier molecular flexibility index (Phi) is 4.72. The molecular formula is C32H20O4S. The van der Waals surface area contributed by atoms with Gasteiger partial charge in [0, 0.05) is 20.5 Å². The Balaban J connectivity index is 1.40. The third-order valence-corrected chi connectivity index (χ3v) is 8.07. The van der Waals surface area contributed by atoms with Gasteiger partial charge in [0.2, 0.25) is 0 Å². The van der Waals surface area contributed by atoms with E-state index in [1.165, 1.54) is 22.5 Å². The monoisotopic (exact) mass is 500 g/mol. The smallest absolute Gasteiger partial charge is 0.345 e. The zero-order valence-corrected chi connectivity index (χ0v) is 20.9. The van der Waals surface area contributed by atoms with Gasteiger partial charge >= 0.3 is 11.3 Å². The van der Waals surface area contributed by atoms with E-state index in [1.54, 1.807) is 0 Å². The summed E-state index contributed by atoms with van der Waals surface area (Å²) >= 11 is 1.38. The van der Waals surface area contributed by atoms with E-state index in [4.69, 9.17) is 8.83 Å². The third-order valence-electron chi connectivity index (χ3n) is 6.91. The molecule has 178 valence electrons. The average Bonchev–Trinajstić information content (AvgIpc) is 3.37. The molecule has 37 heavy (non-hydrogen) atoms. The van der Waals surface area contributed by atoms with Gasteiger partial charge in [-0.15, -0.1) is 11.3 Å². The van der Waals surface area contributed by atoms with Gasteiger partial charge in [-0.25, -0.2) is 9.59 Å². The zero-order chi connectivity index (χ0) is 25.3. The van der Waals surface area contributed by atoms with Gasteiger partial charge in [0.1, 0.15) is 11.2 Å². The van der Waals surface area contributed by atoms with Crippen molar-refractivity contribution in [2.45, 2.75) is 13.8 Å². The van der Waals surface area contributed by atoms with Crippen LogP contribution >= 0.6 is 11.3 Å². The normalized spacial score (nSPS) is 11.7. The van der Waals surface area contributed by atoms with E-state index in [0.717, 1.165) is 42.1 Å². The molecule has 0 radical (unpaired) electrons. The molecule has 0 spiro atoms. The molecule has 5 heteroatoms. The van der Waals surface area contributed by atoms with Crippen molar-refractivity contribution in [3.63, 3.8) is 0 Å². The van der Waals surface area contributed by atoms with Gasteiger partial charge < -0.3 is 8.83 Å². The van der Waals surface area contributed by atoms with Crippen molar-refractivity contribution in [2.24, 2.45) is 0 Å². The predicted octanol–water partition coefficient (Wildman–Crippen LogP) is 8.22. The number of hydrogen-bond acceptors (Lipinski definition) is 5. The van der Waals surface area contributed by atoms with Crippen LogP contribution in [0.5, 0.6) is 0 Å². The second kappa shape index (κ2) is 8.02. The third kappa shape index (κ3) is 3.51. The van der Waals surface area contributed by atoms with Crippen LogP contribution in [0.1, 0.15) is 11.1 Å². The summed E-state index contributed by atoms with van der Waals surface area (Å²) in [6.45, 7) is 4.11. The highest BCUT2D eigenvalue weighted by atomic mass is 32.1. The van der Waals surface area contributed by atoms with Crippen molar-refractivity contribution in [3.05, 3.63) is 117 Å². The summed E-state index contributed by atoms with van der Waals surface area (Å²) < 4.78 is 11.4. The minimum Gasteiger partial charge on any atom is -0.422 e. The molecule has 0 aliphatic rings. The Bertz CT molecular complexity index is 2010. The number of aryl methyl sites for hydroxylation is 2. The molecule has 7 rings (SSSR count). The fourth-order valence-corrected chi connectivity index (χ4v) is 6.08. The van der Waals surface area contributed by atoms with Gasteiger partial charge in [-0.2, -0.15) is 0 Å². The van der Waals surface area contributed by atoms with Crippen LogP contribution in [0.15, 0.2) is 103 Å². The first-order valence-corrected chi connectivity index (χ1v) is 12.8. The van der Waals surface area contributed by atoms with Crippen LogP contribution in [0.2, 0.25) is 0 Å². The Morgan fingerprint density at radius 2 is 0.973 bits per heavy atom. The second-order valence-electron chi connectivity index (χ2n) is 9.46. The minimum atomic E-state index is -0.403. The highest BCUT2D eigenvalue weighted by Gasteiger charge is 2.16. The summed E-state index contributed by atoms with van der Waals surface area (Å²) in [5, 5.41) is 6.01. The fraction of sp³-hybridized carbons (Fsp3) is 0.0625. The largest absolute Gasteiger partial charge is 0.422 e. The number of benzene rings is 4. The summed E-state index contributed by atoms with van der Waals surface area (Å²) in [5.74, 6) is 0. The lowest BCUT2D eigenvalue weighted by molar-refractivity contribution is 0.564. The SMILES string of the molecule is Cc1ccc2c(ccc3oc(=O)c(-c4ccc(-c5cc6c(ccc7cc(C)ccc76)oc5=O)s4)cc32)c1. The predicted molar refractivity (Wildman–Crippen MR) is 152 cm³/mol. The van der Waals surface area contributed by atoms with Crippen LogP contribution in [0.25, 0.3) is 64.4 Å². The highest BCUT2D eigenvalue weighted by Crippen LogP contribution is 2.36. The summed E-state index contributed by atoms with van der Waals surface area (Å²) in [6.07, 6.45) is 0. The van der Waals surface area contributed by atoms with Crippen LogP contribution in [-0.2, 0) is 0 Å². The number of hydrogen-bond donors (Lipinski definition) is 0. The van der Waals surface area contributed by atoms with E-state index in [-0.39, 0.29) is 0 Å². The summed E-state index contributed by atoms with van der Waals surface area (Å²) in [6, 6.07) is 27.6. The van der Waals surface area contributed by atoms with E-state index in [0.29, 0.717) is 22.3 Å². The Morgan fingerprint density at radius 1 is 0.514 bits per heavy atom. The minimum absolute atomic E-state index is 0.403. The van der Waals surface area contributed by atoms with Crippen molar-refractivity contribution in [1.29, 1.82) is 0 Å². The van der Waals surface area contributed by atoms with Crippen molar-refractivity contribution in [1.82, 2.24) is 0 Å². The Hall–Kier alpha value is -4.48. The van der Waals surface area contributed by atoms with Gasteiger partial charge in [0.05, 0.1) is 11.1 Å². The van der Waals surface area contributed by atoms with Crippen molar-refractivity contribution in [3.8, 4) is 20.9 Å². The van der Waals surface area contributed by atoms with Crippen LogP contribution in [0.3, 0.4) is 0 Å². The molecule has 4 aromatic carbocycles. The quantitative estimate of drug-likeness (QED) is 0.177. The fourth-order valence-electron chi connectivity index (χ4n) is 5.07. The van der Waals surface area contributed by atoms with Crippen LogP contribution in [0, 0.1) is 13.8 Å².